The van der Waals surface area contributed by atoms with E-state index in [1.54, 1.807) is 0 Å². The number of nitrogens with one attached hydrogen (secondary N) is 2. The van der Waals surface area contributed by atoms with Crippen LogP contribution in [0.15, 0.2) is 0 Å². The van der Waals surface area contributed by atoms with Crippen LogP contribution in [0.1, 0.15) is 0 Å². The van der Waals surface area contributed by atoms with E-state index in [2.05, 4.69) is 19.7 Å². The van der Waals surface area contributed by atoms with Gasteiger partial charge in [0.1, 0.15) is 0 Å². The van der Waals surface area contributed by atoms with Crippen LogP contribution in [0, 0.1) is 0 Å². The molecule has 0 aromatic rings. The highest BCUT2D eigenvalue weighted by molar-refractivity contribution is 7.32. The van der Waals surface area contributed by atoms with Gasteiger partial charge in [-0.3, -0.25) is 10.6 Å². The lowest BCUT2D eigenvalue weighted by atomic mass is 10.6. The standard InChI is InChI=1S/C4H10N2O6P2/c7-13(8)11-3-5-1-2-6-4-12-14(9)10/h5-6H,1-4H2/p+2. The Morgan fingerprint density at radius 2 is 1.29 bits per heavy atom. The number of hydrogen-bond donors (Lipinski definition) is 4. The molecule has 0 bridgehead atoms. The van der Waals surface area contributed by atoms with E-state index in [-0.39, 0.29) is 13.5 Å². The monoisotopic (exact) mass is 246 g/mol. The van der Waals surface area contributed by atoms with Gasteiger partial charge in [-0.25, -0.2) is 0 Å². The molecule has 0 saturated carbocycles. The van der Waals surface area contributed by atoms with Gasteiger partial charge in [-0.1, -0.05) is 0 Å². The van der Waals surface area contributed by atoms with E-state index in [0.717, 1.165) is 0 Å². The topological polar surface area (TPSA) is 117 Å². The largest absolute Gasteiger partial charge is 0.696 e. The van der Waals surface area contributed by atoms with E-state index in [0.29, 0.717) is 13.1 Å². The molecule has 4 N–H and O–H groups in total. The van der Waals surface area contributed by atoms with Crippen molar-refractivity contribution in [1.82, 2.24) is 10.6 Å². The number of hydrogen-bond acceptors (Lipinski definition) is 6. The molecule has 0 spiro atoms. The fourth-order valence-corrected chi connectivity index (χ4v) is 0.926. The normalized spacial score (nSPS) is 12.7. The van der Waals surface area contributed by atoms with Gasteiger partial charge in [0.05, 0.1) is 0 Å². The average Bonchev–Trinajstić information content (AvgIpc) is 2.08. The van der Waals surface area contributed by atoms with Crippen molar-refractivity contribution in [3.63, 3.8) is 0 Å². The molecule has 0 aromatic heterocycles. The lowest BCUT2D eigenvalue weighted by Gasteiger charge is -1.99. The van der Waals surface area contributed by atoms with Crippen LogP contribution in [0.25, 0.3) is 0 Å². The van der Waals surface area contributed by atoms with Crippen molar-refractivity contribution in [1.29, 1.82) is 0 Å². The molecule has 2 atom stereocenters. The Morgan fingerprint density at radius 3 is 1.57 bits per heavy atom. The lowest BCUT2D eigenvalue weighted by molar-refractivity contribution is 0.243. The molecule has 0 fully saturated rings. The van der Waals surface area contributed by atoms with Gasteiger partial charge >= 0.3 is 16.5 Å². The number of rotatable bonds is 9. The Labute approximate surface area is 82.5 Å². The molecule has 0 aliphatic rings. The second-order valence-electron chi connectivity index (χ2n) is 2.02. The molecule has 0 radical (unpaired) electrons. The van der Waals surface area contributed by atoms with Crippen LogP contribution in [0.2, 0.25) is 0 Å². The Kier molecular flexibility index (Phi) is 9.49. The highest BCUT2D eigenvalue weighted by Crippen LogP contribution is 2.12. The predicted octanol–water partition coefficient (Wildman–Crippen LogP) is -0.587. The Bertz CT molecular complexity index is 171. The Hall–Kier alpha value is -0.0400. The van der Waals surface area contributed by atoms with Crippen molar-refractivity contribution in [3.05, 3.63) is 0 Å². The van der Waals surface area contributed by atoms with E-state index < -0.39 is 16.5 Å². The molecule has 0 aromatic carbocycles. The molecule has 0 saturated heterocycles. The maximum atomic E-state index is 10.00. The molecule has 10 heteroatoms. The SMILES string of the molecule is O=[P+](O)OCNCCNCO[P+](=O)O. The van der Waals surface area contributed by atoms with Crippen molar-refractivity contribution in [3.8, 4) is 0 Å². The van der Waals surface area contributed by atoms with Gasteiger partial charge in [-0.05, 0) is 0 Å². The van der Waals surface area contributed by atoms with E-state index in [9.17, 15) is 9.13 Å². The maximum Gasteiger partial charge on any atom is 0.696 e. The molecular weight excluding hydrogens is 234 g/mol. The third kappa shape index (κ3) is 12.0. The zero-order valence-corrected chi connectivity index (χ0v) is 9.04. The van der Waals surface area contributed by atoms with Crippen molar-refractivity contribution in [2.24, 2.45) is 0 Å². The summed E-state index contributed by atoms with van der Waals surface area (Å²) in [7, 11) is -5.13. The van der Waals surface area contributed by atoms with Gasteiger partial charge in [0.25, 0.3) is 0 Å². The minimum atomic E-state index is -2.57. The zero-order valence-electron chi connectivity index (χ0n) is 7.25. The molecule has 14 heavy (non-hydrogen) atoms. The predicted molar refractivity (Wildman–Crippen MR) is 47.6 cm³/mol. The minimum absolute atomic E-state index is 0.0253. The van der Waals surface area contributed by atoms with Gasteiger partial charge < -0.3 is 0 Å². The van der Waals surface area contributed by atoms with Crippen LogP contribution in [0.4, 0.5) is 0 Å². The smallest absolute Gasteiger partial charge is 0.289 e. The third-order valence-electron chi connectivity index (χ3n) is 1.03. The molecule has 82 valence electrons. The first-order chi connectivity index (χ1) is 6.63. The highest BCUT2D eigenvalue weighted by Gasteiger charge is 2.11. The van der Waals surface area contributed by atoms with Gasteiger partial charge in [0, 0.05) is 22.2 Å². The minimum Gasteiger partial charge on any atom is -0.289 e. The van der Waals surface area contributed by atoms with Crippen LogP contribution in [-0.2, 0) is 18.2 Å². The maximum absolute atomic E-state index is 10.00. The summed E-state index contributed by atoms with van der Waals surface area (Å²) in [5.41, 5.74) is 0. The molecule has 8 nitrogen and oxygen atoms in total. The zero-order chi connectivity index (χ0) is 10.8. The Morgan fingerprint density at radius 1 is 0.929 bits per heavy atom. The van der Waals surface area contributed by atoms with E-state index in [1.807, 2.05) is 0 Å². The fraction of sp³-hybridized carbons (Fsp3) is 1.00. The molecule has 0 heterocycles. The molecule has 0 rings (SSSR count). The van der Waals surface area contributed by atoms with Crippen molar-refractivity contribution >= 4 is 16.5 Å². The summed E-state index contributed by atoms with van der Waals surface area (Å²) < 4.78 is 28.6. The summed E-state index contributed by atoms with van der Waals surface area (Å²) in [4.78, 5) is 16.4. The molecule has 2 unspecified atom stereocenters. The van der Waals surface area contributed by atoms with Crippen molar-refractivity contribution in [2.45, 2.75) is 0 Å². The molecular formula is C4H12N2O6P2+2. The quantitative estimate of drug-likeness (QED) is 0.242. The van der Waals surface area contributed by atoms with Crippen molar-refractivity contribution in [2.75, 3.05) is 26.6 Å². The summed E-state index contributed by atoms with van der Waals surface area (Å²) in [5, 5.41) is 5.37. The fourth-order valence-electron chi connectivity index (χ4n) is 0.523. The van der Waals surface area contributed by atoms with Crippen LogP contribution >= 0.6 is 16.5 Å². The van der Waals surface area contributed by atoms with Gasteiger partial charge in [0.2, 0.25) is 0 Å². The second-order valence-corrected chi connectivity index (χ2v) is 3.49. The van der Waals surface area contributed by atoms with Crippen molar-refractivity contribution < 1.29 is 28.0 Å². The Balaban J connectivity index is 2.99. The second kappa shape index (κ2) is 9.51. The summed E-state index contributed by atoms with van der Waals surface area (Å²) >= 11 is 0. The molecule has 0 amide bonds. The summed E-state index contributed by atoms with van der Waals surface area (Å²) in [5.74, 6) is 0. The van der Waals surface area contributed by atoms with Gasteiger partial charge in [0.15, 0.2) is 13.5 Å². The van der Waals surface area contributed by atoms with Gasteiger partial charge in [-0.15, -0.1) is 18.8 Å². The summed E-state index contributed by atoms with van der Waals surface area (Å²) in [6.45, 7) is 0.911. The first-order valence-electron chi connectivity index (χ1n) is 3.62. The van der Waals surface area contributed by atoms with Gasteiger partial charge in [-0.2, -0.15) is 0 Å². The summed E-state index contributed by atoms with van der Waals surface area (Å²) in [6, 6.07) is 0. The highest BCUT2D eigenvalue weighted by atomic mass is 31.1. The third-order valence-corrected chi connectivity index (χ3v) is 1.73. The van der Waals surface area contributed by atoms with E-state index >= 15 is 0 Å². The van der Waals surface area contributed by atoms with E-state index in [1.165, 1.54) is 0 Å². The van der Waals surface area contributed by atoms with Crippen LogP contribution in [0.5, 0.6) is 0 Å². The first-order valence-corrected chi connectivity index (χ1v) is 5.88. The molecule has 0 aliphatic heterocycles. The summed E-state index contributed by atoms with van der Waals surface area (Å²) in [6.07, 6.45) is 0. The first kappa shape index (κ1) is 14.0. The van der Waals surface area contributed by atoms with Crippen LogP contribution in [0.3, 0.4) is 0 Å². The average molecular weight is 246 g/mol. The molecule has 0 aliphatic carbocycles. The van der Waals surface area contributed by atoms with E-state index in [4.69, 9.17) is 9.79 Å². The lowest BCUT2D eigenvalue weighted by Crippen LogP contribution is -2.29. The van der Waals surface area contributed by atoms with Crippen LogP contribution < -0.4 is 10.6 Å². The van der Waals surface area contributed by atoms with Crippen LogP contribution in [-0.4, -0.2) is 36.3 Å².